The van der Waals surface area contributed by atoms with Crippen LogP contribution in [0.5, 0.6) is 0 Å². The second-order valence-corrected chi connectivity index (χ2v) is 5.11. The number of hydrogen-bond donors (Lipinski definition) is 0. The molecule has 0 bridgehead atoms. The van der Waals surface area contributed by atoms with Gasteiger partial charge in [-0.05, 0) is 24.3 Å². The van der Waals surface area contributed by atoms with Gasteiger partial charge in [0.1, 0.15) is 6.33 Å². The highest BCUT2D eigenvalue weighted by atomic mass is 35.5. The zero-order chi connectivity index (χ0) is 14.8. The Morgan fingerprint density at radius 1 is 1.05 bits per heavy atom. The summed E-state index contributed by atoms with van der Waals surface area (Å²) in [7, 11) is 0. The first-order chi connectivity index (χ1) is 10.2. The summed E-state index contributed by atoms with van der Waals surface area (Å²) in [6.07, 6.45) is 2.81. The van der Waals surface area contributed by atoms with E-state index in [2.05, 4.69) is 10.1 Å². The van der Waals surface area contributed by atoms with E-state index in [-0.39, 0.29) is 5.56 Å². The van der Waals surface area contributed by atoms with Gasteiger partial charge in [0, 0.05) is 5.56 Å². The molecule has 0 fully saturated rings. The van der Waals surface area contributed by atoms with E-state index in [0.717, 1.165) is 4.68 Å². The third-order valence-electron chi connectivity index (χ3n) is 2.96. The summed E-state index contributed by atoms with van der Waals surface area (Å²) < 4.78 is 1.15. The molecule has 3 rings (SSSR count). The predicted octanol–water partition coefficient (Wildman–Crippen LogP) is 3.59. The lowest BCUT2D eigenvalue weighted by molar-refractivity contribution is 0.817. The van der Waals surface area contributed by atoms with Crippen LogP contribution in [-0.2, 0) is 0 Å². The van der Waals surface area contributed by atoms with Crippen molar-refractivity contribution in [2.24, 2.45) is 5.10 Å². The quantitative estimate of drug-likeness (QED) is 0.678. The lowest BCUT2D eigenvalue weighted by Gasteiger charge is -2.02. The van der Waals surface area contributed by atoms with Crippen molar-refractivity contribution in [3.63, 3.8) is 0 Å². The molecule has 0 N–H and O–H groups in total. The van der Waals surface area contributed by atoms with Crippen molar-refractivity contribution in [2.45, 2.75) is 0 Å². The van der Waals surface area contributed by atoms with Crippen molar-refractivity contribution in [3.8, 4) is 0 Å². The van der Waals surface area contributed by atoms with E-state index in [0.29, 0.717) is 26.5 Å². The molecule has 0 aliphatic heterocycles. The lowest BCUT2D eigenvalue weighted by Crippen LogP contribution is -2.17. The van der Waals surface area contributed by atoms with Crippen molar-refractivity contribution < 1.29 is 0 Å². The van der Waals surface area contributed by atoms with Crippen molar-refractivity contribution in [3.05, 3.63) is 74.8 Å². The third kappa shape index (κ3) is 2.68. The van der Waals surface area contributed by atoms with Gasteiger partial charge in [-0.2, -0.15) is 9.78 Å². The van der Waals surface area contributed by atoms with Gasteiger partial charge in [-0.15, -0.1) is 0 Å². The van der Waals surface area contributed by atoms with Crippen molar-refractivity contribution in [1.82, 2.24) is 9.66 Å². The normalized spacial score (nSPS) is 11.3. The van der Waals surface area contributed by atoms with Crippen LogP contribution in [0, 0.1) is 0 Å². The molecule has 2 aromatic carbocycles. The number of benzene rings is 2. The van der Waals surface area contributed by atoms with Crippen LogP contribution < -0.4 is 5.56 Å². The standard InChI is InChI=1S/C15H9Cl2N3O/c16-12-5-3-6-13(17)11(12)8-19-20-9-18-14-7-2-1-4-10(14)15(20)21/h1-9H/b19-8+. The Morgan fingerprint density at radius 3 is 2.52 bits per heavy atom. The Bertz CT molecular complexity index is 883. The molecule has 3 aromatic rings. The molecular formula is C15H9Cl2N3O. The lowest BCUT2D eigenvalue weighted by atomic mass is 10.2. The maximum absolute atomic E-state index is 12.3. The van der Waals surface area contributed by atoms with Crippen molar-refractivity contribution in [1.29, 1.82) is 0 Å². The Balaban J connectivity index is 2.08. The van der Waals surface area contributed by atoms with E-state index >= 15 is 0 Å². The van der Waals surface area contributed by atoms with Crippen LogP contribution in [0.1, 0.15) is 5.56 Å². The zero-order valence-corrected chi connectivity index (χ0v) is 12.2. The van der Waals surface area contributed by atoms with Crippen molar-refractivity contribution >= 4 is 40.3 Å². The zero-order valence-electron chi connectivity index (χ0n) is 10.7. The molecule has 0 aliphatic rings. The van der Waals surface area contributed by atoms with E-state index in [9.17, 15) is 4.79 Å². The SMILES string of the molecule is O=c1c2ccccc2ncn1/N=C/c1c(Cl)cccc1Cl. The minimum atomic E-state index is -0.250. The summed E-state index contributed by atoms with van der Waals surface area (Å²) in [5.41, 5.74) is 0.936. The van der Waals surface area contributed by atoms with Crippen LogP contribution in [0.2, 0.25) is 10.0 Å². The molecule has 1 aromatic heterocycles. The maximum Gasteiger partial charge on any atom is 0.281 e. The van der Waals surface area contributed by atoms with Crippen molar-refractivity contribution in [2.75, 3.05) is 0 Å². The summed E-state index contributed by atoms with van der Waals surface area (Å²) in [5, 5.41) is 5.53. The van der Waals surface area contributed by atoms with E-state index in [1.54, 1.807) is 36.4 Å². The van der Waals surface area contributed by atoms with E-state index in [4.69, 9.17) is 23.2 Å². The van der Waals surface area contributed by atoms with Gasteiger partial charge in [0.2, 0.25) is 0 Å². The number of para-hydroxylation sites is 1. The summed E-state index contributed by atoms with van der Waals surface area (Å²) in [4.78, 5) is 16.4. The third-order valence-corrected chi connectivity index (χ3v) is 3.62. The number of fused-ring (bicyclic) bond motifs is 1. The van der Waals surface area contributed by atoms with Gasteiger partial charge in [0.15, 0.2) is 0 Å². The number of nitrogens with zero attached hydrogens (tertiary/aromatic N) is 3. The smallest absolute Gasteiger partial charge is 0.267 e. The van der Waals surface area contributed by atoms with Gasteiger partial charge < -0.3 is 0 Å². The van der Waals surface area contributed by atoms with E-state index in [1.165, 1.54) is 12.5 Å². The molecule has 0 spiro atoms. The Hall–Kier alpha value is -2.17. The minimum absolute atomic E-state index is 0.250. The fraction of sp³-hybridized carbons (Fsp3) is 0. The first kappa shape index (κ1) is 13.8. The van der Waals surface area contributed by atoms with Gasteiger partial charge in [-0.25, -0.2) is 4.98 Å². The van der Waals surface area contributed by atoms with Gasteiger partial charge in [0.05, 0.1) is 27.2 Å². The fourth-order valence-electron chi connectivity index (χ4n) is 1.90. The van der Waals surface area contributed by atoms with E-state index in [1.807, 2.05) is 6.07 Å². The first-order valence-corrected chi connectivity index (χ1v) is 6.87. The van der Waals surface area contributed by atoms with Crippen LogP contribution in [0.4, 0.5) is 0 Å². The first-order valence-electron chi connectivity index (χ1n) is 6.11. The predicted molar refractivity (Wildman–Crippen MR) is 85.5 cm³/mol. The highest BCUT2D eigenvalue weighted by molar-refractivity contribution is 6.38. The topological polar surface area (TPSA) is 47.2 Å². The highest BCUT2D eigenvalue weighted by Gasteiger charge is 2.04. The summed E-state index contributed by atoms with van der Waals surface area (Å²) >= 11 is 12.1. The maximum atomic E-state index is 12.3. The molecule has 0 aliphatic carbocycles. The Labute approximate surface area is 130 Å². The highest BCUT2D eigenvalue weighted by Crippen LogP contribution is 2.22. The summed E-state index contributed by atoms with van der Waals surface area (Å²) in [5.74, 6) is 0. The molecule has 0 atom stereocenters. The molecule has 1 heterocycles. The molecule has 104 valence electrons. The second-order valence-electron chi connectivity index (χ2n) is 4.29. The van der Waals surface area contributed by atoms with Gasteiger partial charge in [-0.3, -0.25) is 4.79 Å². The van der Waals surface area contributed by atoms with Crippen LogP contribution in [-0.4, -0.2) is 15.9 Å². The monoisotopic (exact) mass is 317 g/mol. The molecule has 0 radical (unpaired) electrons. The van der Waals surface area contributed by atoms with Gasteiger partial charge >= 0.3 is 0 Å². The van der Waals surface area contributed by atoms with Gasteiger partial charge in [0.25, 0.3) is 5.56 Å². The molecule has 6 heteroatoms. The molecule has 0 unspecified atom stereocenters. The van der Waals surface area contributed by atoms with Crippen LogP contribution >= 0.6 is 23.2 Å². The molecule has 0 amide bonds. The summed E-state index contributed by atoms with van der Waals surface area (Å²) in [6, 6.07) is 12.2. The second kappa shape index (κ2) is 5.68. The van der Waals surface area contributed by atoms with E-state index < -0.39 is 0 Å². The molecular weight excluding hydrogens is 309 g/mol. The molecule has 21 heavy (non-hydrogen) atoms. The average Bonchev–Trinajstić information content (AvgIpc) is 2.49. The number of halogens is 2. The van der Waals surface area contributed by atoms with Gasteiger partial charge in [-0.1, -0.05) is 41.4 Å². The molecule has 0 saturated heterocycles. The average molecular weight is 318 g/mol. The molecule has 0 saturated carbocycles. The number of hydrogen-bond acceptors (Lipinski definition) is 3. The van der Waals surface area contributed by atoms with Crippen LogP contribution in [0.3, 0.4) is 0 Å². The Kier molecular flexibility index (Phi) is 3.73. The van der Waals surface area contributed by atoms with Crippen LogP contribution in [0.15, 0.2) is 58.7 Å². The number of rotatable bonds is 2. The van der Waals surface area contributed by atoms with Crippen LogP contribution in [0.25, 0.3) is 10.9 Å². The molecule has 4 nitrogen and oxygen atoms in total. The number of aromatic nitrogens is 2. The minimum Gasteiger partial charge on any atom is -0.267 e. The fourth-order valence-corrected chi connectivity index (χ4v) is 2.39. The summed E-state index contributed by atoms with van der Waals surface area (Å²) in [6.45, 7) is 0. The Morgan fingerprint density at radius 2 is 1.76 bits per heavy atom. The largest absolute Gasteiger partial charge is 0.281 e.